The molecule has 0 spiro atoms. The zero-order valence-electron chi connectivity index (χ0n) is 25.3. The molecule has 2 unspecified atom stereocenters. The van der Waals surface area contributed by atoms with Gasteiger partial charge in [-0.3, -0.25) is 29.9 Å². The van der Waals surface area contributed by atoms with Crippen molar-refractivity contribution in [2.75, 3.05) is 0 Å². The maximum atomic E-state index is 11.9. The van der Waals surface area contributed by atoms with Gasteiger partial charge in [0.25, 0.3) is 0 Å². The van der Waals surface area contributed by atoms with Gasteiger partial charge in [-0.15, -0.1) is 0 Å². The first kappa shape index (κ1) is 38.5. The average Bonchev–Trinajstić information content (AvgIpc) is 2.99. The molecule has 0 saturated carbocycles. The average molecular weight is 731 g/mol. The van der Waals surface area contributed by atoms with Crippen molar-refractivity contribution in [2.45, 2.75) is 51.0 Å². The molecule has 0 aliphatic carbocycles. The lowest BCUT2D eigenvalue weighted by Crippen LogP contribution is -2.27. The Morgan fingerprint density at radius 1 is 0.689 bits per heavy atom. The maximum absolute atomic E-state index is 11.9. The third kappa shape index (κ3) is 11.6. The summed E-state index contributed by atoms with van der Waals surface area (Å²) in [5.41, 5.74) is 3.57. The summed E-state index contributed by atoms with van der Waals surface area (Å²) in [7, 11) is -2.53. The second-order valence-electron chi connectivity index (χ2n) is 11.0. The Kier molecular flexibility index (Phi) is 14.8. The first-order valence-corrected chi connectivity index (χ1v) is 16.9. The maximum Gasteiger partial charge on any atom is 0.151 e. The number of carbonyl (C=O) groups excluding carboxylic acids is 1. The highest BCUT2D eigenvalue weighted by atomic mass is 35.5. The molecule has 0 amide bonds. The molecule has 0 aliphatic heterocycles. The third-order valence-corrected chi connectivity index (χ3v) is 9.79. The van der Waals surface area contributed by atoms with Crippen LogP contribution in [0.2, 0.25) is 20.1 Å². The Morgan fingerprint density at radius 3 is 1.47 bits per heavy atom. The molecule has 15 heteroatoms. The van der Waals surface area contributed by atoms with E-state index in [1.54, 1.807) is 61.4 Å². The monoisotopic (exact) mass is 728 g/mol. The molecule has 0 radical (unpaired) electrons. The summed E-state index contributed by atoms with van der Waals surface area (Å²) in [6, 6.07) is 6.86. The van der Waals surface area contributed by atoms with E-state index >= 15 is 0 Å². The van der Waals surface area contributed by atoms with Crippen molar-refractivity contribution in [1.29, 1.82) is 0 Å². The molecule has 2 atom stereocenters. The van der Waals surface area contributed by atoms with E-state index in [1.807, 2.05) is 41.5 Å². The number of hydrogen-bond donors (Lipinski definition) is 1. The number of carbonyl (C=O) groups is 1. The van der Waals surface area contributed by atoms with Crippen LogP contribution < -0.4 is 5.14 Å². The number of aromatic nitrogens is 4. The van der Waals surface area contributed by atoms with Crippen LogP contribution in [0.4, 0.5) is 0 Å². The van der Waals surface area contributed by atoms with Gasteiger partial charge in [0.15, 0.2) is 6.29 Å². The normalized spacial score (nSPS) is 12.8. The van der Waals surface area contributed by atoms with Crippen LogP contribution >= 0.6 is 46.4 Å². The minimum absolute atomic E-state index is 0.236. The second kappa shape index (κ2) is 17.3. The van der Waals surface area contributed by atoms with Crippen LogP contribution in [-0.4, -0.2) is 50.3 Å². The fraction of sp³-hybridized carbons (Fsp3) is 0.267. The molecule has 240 valence electrons. The highest BCUT2D eigenvalue weighted by Crippen LogP contribution is 2.35. The van der Waals surface area contributed by atoms with Crippen molar-refractivity contribution in [3.05, 3.63) is 92.7 Å². The number of halogens is 4. The smallest absolute Gasteiger partial charge is 0.151 e. The summed E-state index contributed by atoms with van der Waals surface area (Å²) in [6.07, 6.45) is 11.6. The van der Waals surface area contributed by atoms with Gasteiger partial charge in [0.1, 0.15) is 11.0 Å². The number of benzene rings is 2. The van der Waals surface area contributed by atoms with Crippen LogP contribution in [0.1, 0.15) is 57.5 Å². The molecule has 0 fully saturated rings. The number of hydrogen-bond acceptors (Lipinski definition) is 7. The van der Waals surface area contributed by atoms with E-state index in [-0.39, 0.29) is 9.77 Å². The Labute approximate surface area is 288 Å². The van der Waals surface area contributed by atoms with Crippen LogP contribution in [0.5, 0.6) is 0 Å². The molecular formula is C30H32Cl4N6O3S2. The Hall–Kier alpha value is -2.64. The van der Waals surface area contributed by atoms with Crippen molar-refractivity contribution in [1.82, 2.24) is 19.9 Å². The van der Waals surface area contributed by atoms with E-state index in [1.165, 1.54) is 6.21 Å². The van der Waals surface area contributed by atoms with E-state index in [2.05, 4.69) is 24.3 Å². The van der Waals surface area contributed by atoms with Crippen LogP contribution in [0.15, 0.2) is 65.8 Å². The van der Waals surface area contributed by atoms with E-state index in [4.69, 9.17) is 51.5 Å². The number of aldehydes is 1. The molecule has 2 aromatic heterocycles. The summed E-state index contributed by atoms with van der Waals surface area (Å²) in [5.74, 6) is 0. The molecule has 4 aromatic rings. The molecule has 2 aromatic carbocycles. The van der Waals surface area contributed by atoms with Gasteiger partial charge in [0.2, 0.25) is 0 Å². The van der Waals surface area contributed by atoms with Crippen LogP contribution in [-0.2, 0) is 22.0 Å². The fourth-order valence-electron chi connectivity index (χ4n) is 2.85. The van der Waals surface area contributed by atoms with Crippen molar-refractivity contribution in [3.63, 3.8) is 0 Å². The Bertz CT molecular complexity index is 1680. The highest BCUT2D eigenvalue weighted by molar-refractivity contribution is 7.85. The predicted molar refractivity (Wildman–Crippen MR) is 188 cm³/mol. The lowest BCUT2D eigenvalue weighted by molar-refractivity contribution is 0.112. The van der Waals surface area contributed by atoms with E-state index in [0.29, 0.717) is 55.0 Å². The number of nitrogens with zero attached hydrogens (tertiary/aromatic N) is 5. The molecule has 45 heavy (non-hydrogen) atoms. The molecule has 2 heterocycles. The summed E-state index contributed by atoms with van der Waals surface area (Å²) in [4.78, 5) is 26.9. The van der Waals surface area contributed by atoms with Gasteiger partial charge in [0, 0.05) is 53.3 Å². The summed E-state index contributed by atoms with van der Waals surface area (Å²) in [5, 5.41) is 6.30. The quantitative estimate of drug-likeness (QED) is 0.162. The highest BCUT2D eigenvalue weighted by Gasteiger charge is 2.19. The van der Waals surface area contributed by atoms with Crippen LogP contribution in [0, 0.1) is 0 Å². The lowest BCUT2D eigenvalue weighted by Gasteiger charge is -2.13. The topological polar surface area (TPSA) is 141 Å². The largest absolute Gasteiger partial charge is 0.298 e. The van der Waals surface area contributed by atoms with Gasteiger partial charge in [0.05, 0.1) is 64.4 Å². The summed E-state index contributed by atoms with van der Waals surface area (Å²) >= 11 is 24.6. The molecule has 0 bridgehead atoms. The molecule has 2 N–H and O–H groups in total. The summed E-state index contributed by atoms with van der Waals surface area (Å²) < 4.78 is 25.7. The van der Waals surface area contributed by atoms with Gasteiger partial charge in [-0.1, -0.05) is 64.6 Å². The Balaban J connectivity index is 0.000000267. The SMILES string of the molecule is CC(C)(C)S(=O)N=Cc1ccc(-c2cnccn2)c(Cl)c1Cl.CC(C)(C)S(N)=O.O=Cc1ccc(-c2cnccn2)c(Cl)c1Cl. The number of rotatable bonds is 5. The van der Waals surface area contributed by atoms with Crippen molar-refractivity contribution >= 4 is 80.9 Å². The molecule has 0 aliphatic rings. The fourth-order valence-corrected chi connectivity index (χ4v) is 4.34. The van der Waals surface area contributed by atoms with Gasteiger partial charge in [-0.2, -0.15) is 4.40 Å². The molecule has 0 saturated heterocycles. The molecular weight excluding hydrogens is 698 g/mol. The first-order valence-electron chi connectivity index (χ1n) is 13.0. The lowest BCUT2D eigenvalue weighted by atomic mass is 10.1. The van der Waals surface area contributed by atoms with E-state index in [0.717, 1.165) is 0 Å². The van der Waals surface area contributed by atoms with E-state index in [9.17, 15) is 13.2 Å². The third-order valence-electron chi connectivity index (χ3n) is 5.44. The van der Waals surface area contributed by atoms with Crippen molar-refractivity contribution in [2.24, 2.45) is 9.54 Å². The minimum atomic E-state index is -1.35. The van der Waals surface area contributed by atoms with Gasteiger partial charge >= 0.3 is 0 Å². The van der Waals surface area contributed by atoms with Crippen LogP contribution in [0.25, 0.3) is 22.5 Å². The predicted octanol–water partition coefficient (Wildman–Crippen LogP) is 8.00. The summed E-state index contributed by atoms with van der Waals surface area (Å²) in [6.45, 7) is 11.1. The van der Waals surface area contributed by atoms with E-state index < -0.39 is 26.7 Å². The second-order valence-corrected chi connectivity index (χ2v) is 16.2. The zero-order chi connectivity index (χ0) is 33.9. The van der Waals surface area contributed by atoms with Gasteiger partial charge < -0.3 is 0 Å². The zero-order valence-corrected chi connectivity index (χ0v) is 30.0. The Morgan fingerprint density at radius 2 is 1.11 bits per heavy atom. The van der Waals surface area contributed by atoms with Gasteiger partial charge in [-0.05, 0) is 47.6 Å². The first-order chi connectivity index (χ1) is 21.0. The molecule has 4 rings (SSSR count). The van der Waals surface area contributed by atoms with Gasteiger partial charge in [-0.25, -0.2) is 8.42 Å². The minimum Gasteiger partial charge on any atom is -0.298 e. The number of nitrogens with two attached hydrogens (primary N) is 1. The van der Waals surface area contributed by atoms with Crippen molar-refractivity contribution < 1.29 is 13.2 Å². The van der Waals surface area contributed by atoms with Crippen molar-refractivity contribution in [3.8, 4) is 22.5 Å². The standard InChI is InChI=1S/C15H15Cl2N3OS.C11H6Cl2N2O.C4H11NOS/c1-15(2,3)22(21)20-8-10-4-5-11(14(17)13(10)16)12-9-18-6-7-19-12;12-10-7(6-16)1-2-8(11(10)13)9-5-14-3-4-15-9;1-4(2,3)7(5)6/h4-9H,1-3H3;1-6H;5H2,1-3H3. The van der Waals surface area contributed by atoms with Crippen LogP contribution in [0.3, 0.4) is 0 Å². The molecule has 9 nitrogen and oxygen atoms in total.